The Morgan fingerprint density at radius 1 is 1.04 bits per heavy atom. The summed E-state index contributed by atoms with van der Waals surface area (Å²) in [5, 5.41) is 7.09. The van der Waals surface area contributed by atoms with Crippen molar-refractivity contribution in [1.29, 1.82) is 0 Å². The third-order valence-electron chi connectivity index (χ3n) is 5.85. The summed E-state index contributed by atoms with van der Waals surface area (Å²) in [6, 6.07) is 0.541. The molecule has 0 aromatic heterocycles. The van der Waals surface area contributed by atoms with Crippen molar-refractivity contribution in [1.82, 2.24) is 20.4 Å². The maximum atomic E-state index is 5.19. The Hall–Kier alpha value is -0.850. The van der Waals surface area contributed by atoms with Crippen molar-refractivity contribution in [2.75, 3.05) is 66.1 Å². The Labute approximate surface area is 160 Å². The number of nitrogens with one attached hydrogen (secondary N) is 2. The molecule has 0 radical (unpaired) electrons. The predicted molar refractivity (Wildman–Crippen MR) is 110 cm³/mol. The van der Waals surface area contributed by atoms with Crippen molar-refractivity contribution in [3.8, 4) is 0 Å². The number of ether oxygens (including phenoxy) is 1. The van der Waals surface area contributed by atoms with Gasteiger partial charge in [0.2, 0.25) is 0 Å². The molecule has 0 bridgehead atoms. The van der Waals surface area contributed by atoms with Gasteiger partial charge in [-0.2, -0.15) is 0 Å². The fourth-order valence-corrected chi connectivity index (χ4v) is 3.98. The van der Waals surface area contributed by atoms with Crippen LogP contribution in [0.1, 0.15) is 46.0 Å². The normalized spacial score (nSPS) is 21.9. The zero-order valence-corrected chi connectivity index (χ0v) is 17.3. The second-order valence-corrected chi connectivity index (χ2v) is 7.68. The topological polar surface area (TPSA) is 52.1 Å². The van der Waals surface area contributed by atoms with Gasteiger partial charge in [-0.25, -0.2) is 0 Å². The lowest BCUT2D eigenvalue weighted by molar-refractivity contribution is 0.128. The molecule has 0 aliphatic carbocycles. The van der Waals surface area contributed by atoms with Gasteiger partial charge in [0.1, 0.15) is 0 Å². The van der Waals surface area contributed by atoms with E-state index in [0.29, 0.717) is 6.04 Å². The first kappa shape index (κ1) is 21.5. The van der Waals surface area contributed by atoms with Crippen LogP contribution in [0.25, 0.3) is 0 Å². The van der Waals surface area contributed by atoms with Crippen molar-refractivity contribution in [3.05, 3.63) is 0 Å². The van der Waals surface area contributed by atoms with Gasteiger partial charge in [0.15, 0.2) is 5.96 Å². The number of piperidine rings is 2. The molecular formula is C20H41N5O. The monoisotopic (exact) mass is 367 g/mol. The van der Waals surface area contributed by atoms with Crippen LogP contribution >= 0.6 is 0 Å². The van der Waals surface area contributed by atoms with Crippen molar-refractivity contribution in [3.63, 3.8) is 0 Å². The number of likely N-dealkylation sites (tertiary alicyclic amines) is 2. The minimum Gasteiger partial charge on any atom is -0.383 e. The highest BCUT2D eigenvalue weighted by Crippen LogP contribution is 2.20. The van der Waals surface area contributed by atoms with Gasteiger partial charge in [-0.1, -0.05) is 6.92 Å². The number of methoxy groups -OCH3 is 1. The van der Waals surface area contributed by atoms with E-state index in [2.05, 4.69) is 34.3 Å². The first-order valence-corrected chi connectivity index (χ1v) is 10.7. The Kier molecular flexibility index (Phi) is 10.3. The van der Waals surface area contributed by atoms with E-state index in [9.17, 15) is 0 Å². The van der Waals surface area contributed by atoms with E-state index < -0.39 is 0 Å². The van der Waals surface area contributed by atoms with Crippen LogP contribution in [0.15, 0.2) is 4.99 Å². The van der Waals surface area contributed by atoms with Crippen LogP contribution in [0.5, 0.6) is 0 Å². The van der Waals surface area contributed by atoms with Gasteiger partial charge in [-0.15, -0.1) is 0 Å². The molecular weight excluding hydrogens is 326 g/mol. The van der Waals surface area contributed by atoms with E-state index in [1.165, 1.54) is 51.7 Å². The molecule has 26 heavy (non-hydrogen) atoms. The van der Waals surface area contributed by atoms with E-state index in [1.807, 2.05) is 0 Å². The van der Waals surface area contributed by atoms with Gasteiger partial charge in [-0.05, 0) is 64.6 Å². The van der Waals surface area contributed by atoms with E-state index in [0.717, 1.165) is 51.2 Å². The van der Waals surface area contributed by atoms with Crippen molar-refractivity contribution in [2.24, 2.45) is 10.9 Å². The number of rotatable bonds is 9. The van der Waals surface area contributed by atoms with E-state index in [4.69, 9.17) is 9.73 Å². The first-order valence-electron chi connectivity index (χ1n) is 10.7. The van der Waals surface area contributed by atoms with Crippen LogP contribution in [-0.2, 0) is 4.74 Å². The van der Waals surface area contributed by atoms with Crippen molar-refractivity contribution < 1.29 is 4.74 Å². The maximum absolute atomic E-state index is 5.19. The Morgan fingerprint density at radius 3 is 2.35 bits per heavy atom. The molecule has 2 rings (SSSR count). The van der Waals surface area contributed by atoms with Crippen LogP contribution in [0.3, 0.4) is 0 Å². The van der Waals surface area contributed by atoms with Crippen molar-refractivity contribution in [2.45, 2.75) is 52.0 Å². The van der Waals surface area contributed by atoms with Crippen LogP contribution in [0.4, 0.5) is 0 Å². The van der Waals surface area contributed by atoms with Gasteiger partial charge in [0.25, 0.3) is 0 Å². The van der Waals surface area contributed by atoms with Gasteiger partial charge in [0.05, 0.1) is 6.61 Å². The summed E-state index contributed by atoms with van der Waals surface area (Å²) in [6.45, 7) is 14.2. The molecule has 0 atom stereocenters. The molecule has 0 unspecified atom stereocenters. The average Bonchev–Trinajstić information content (AvgIpc) is 2.68. The largest absolute Gasteiger partial charge is 0.383 e. The molecule has 0 aromatic carbocycles. The van der Waals surface area contributed by atoms with Crippen molar-refractivity contribution >= 4 is 5.96 Å². The smallest absolute Gasteiger partial charge is 0.191 e. The molecule has 0 saturated carbocycles. The summed E-state index contributed by atoms with van der Waals surface area (Å²) < 4.78 is 5.19. The number of aliphatic imine (C=N–C) groups is 1. The lowest BCUT2D eigenvalue weighted by atomic mass is 9.94. The van der Waals surface area contributed by atoms with E-state index in [1.54, 1.807) is 7.11 Å². The minimum absolute atomic E-state index is 0.541. The highest BCUT2D eigenvalue weighted by molar-refractivity contribution is 5.80. The summed E-state index contributed by atoms with van der Waals surface area (Å²) in [5.74, 6) is 1.86. The molecule has 0 aromatic rings. The fraction of sp³-hybridized carbons (Fsp3) is 0.950. The van der Waals surface area contributed by atoms with E-state index in [-0.39, 0.29) is 0 Å². The van der Waals surface area contributed by atoms with Gasteiger partial charge in [-0.3, -0.25) is 4.99 Å². The Morgan fingerprint density at radius 2 is 1.73 bits per heavy atom. The summed E-state index contributed by atoms with van der Waals surface area (Å²) in [4.78, 5) is 9.91. The summed E-state index contributed by atoms with van der Waals surface area (Å²) in [6.07, 6.45) is 6.28. The molecule has 2 fully saturated rings. The Bertz CT molecular complexity index is 388. The zero-order valence-electron chi connectivity index (χ0n) is 17.3. The third-order valence-corrected chi connectivity index (χ3v) is 5.85. The number of hydrogen-bond donors (Lipinski definition) is 2. The lowest BCUT2D eigenvalue weighted by Gasteiger charge is -2.33. The molecule has 152 valence electrons. The standard InChI is InChI=1S/C20H41N5O/c1-4-21-20(22-11-6-18-7-12-24(5-2)13-8-18)23-19-9-14-25(15-10-19)16-17-26-3/h18-19H,4-17H2,1-3H3,(H2,21,22,23). The molecule has 2 N–H and O–H groups in total. The lowest BCUT2D eigenvalue weighted by Crippen LogP contribution is -2.49. The third kappa shape index (κ3) is 7.80. The van der Waals surface area contributed by atoms with Gasteiger partial charge >= 0.3 is 0 Å². The quantitative estimate of drug-likeness (QED) is 0.481. The van der Waals surface area contributed by atoms with E-state index >= 15 is 0 Å². The molecule has 0 spiro atoms. The van der Waals surface area contributed by atoms with Crippen LogP contribution in [-0.4, -0.2) is 87.9 Å². The molecule has 2 aliphatic rings. The maximum Gasteiger partial charge on any atom is 0.191 e. The highest BCUT2D eigenvalue weighted by Gasteiger charge is 2.20. The van der Waals surface area contributed by atoms with Crippen LogP contribution in [0.2, 0.25) is 0 Å². The number of hydrogen-bond acceptors (Lipinski definition) is 4. The second-order valence-electron chi connectivity index (χ2n) is 7.68. The SMILES string of the molecule is CCNC(=NCCC1CCN(CC)CC1)NC1CCN(CCOC)CC1. The van der Waals surface area contributed by atoms with Crippen LogP contribution in [0, 0.1) is 5.92 Å². The molecule has 6 heteroatoms. The summed E-state index contributed by atoms with van der Waals surface area (Å²) in [7, 11) is 1.78. The number of guanidine groups is 1. The van der Waals surface area contributed by atoms with Gasteiger partial charge in [0, 0.05) is 45.9 Å². The second kappa shape index (κ2) is 12.5. The molecule has 2 heterocycles. The Balaban J connectivity index is 1.68. The van der Waals surface area contributed by atoms with Crippen LogP contribution < -0.4 is 10.6 Å². The highest BCUT2D eigenvalue weighted by atomic mass is 16.5. The first-order chi connectivity index (χ1) is 12.7. The molecule has 0 amide bonds. The minimum atomic E-state index is 0.541. The van der Waals surface area contributed by atoms with Gasteiger partial charge < -0.3 is 25.2 Å². The molecule has 2 aliphatic heterocycles. The zero-order chi connectivity index (χ0) is 18.6. The number of nitrogens with zero attached hydrogens (tertiary/aromatic N) is 3. The molecule has 6 nitrogen and oxygen atoms in total. The summed E-state index contributed by atoms with van der Waals surface area (Å²) >= 11 is 0. The molecule has 2 saturated heterocycles. The summed E-state index contributed by atoms with van der Waals surface area (Å²) in [5.41, 5.74) is 0. The fourth-order valence-electron chi connectivity index (χ4n) is 3.98. The predicted octanol–water partition coefficient (Wildman–Crippen LogP) is 1.77. The average molecular weight is 368 g/mol.